The zero-order chi connectivity index (χ0) is 6.62. The molecule has 0 unspecified atom stereocenters. The van der Waals surface area contributed by atoms with Crippen molar-refractivity contribution < 1.29 is 0 Å². The van der Waals surface area contributed by atoms with Gasteiger partial charge in [-0.05, 0) is 18.3 Å². The minimum absolute atomic E-state index is 0.369. The van der Waals surface area contributed by atoms with Crippen molar-refractivity contribution in [3.63, 3.8) is 0 Å². The summed E-state index contributed by atoms with van der Waals surface area (Å²) in [5, 5.41) is 0. The lowest BCUT2D eigenvalue weighted by molar-refractivity contribution is 0.384. The van der Waals surface area contributed by atoms with Crippen molar-refractivity contribution in [2.45, 2.75) is 33.6 Å². The molecular weight excluding hydrogens is 96.1 g/mol. The molecule has 0 aliphatic heterocycles. The summed E-state index contributed by atoms with van der Waals surface area (Å²) in [6.07, 6.45) is 8.49. The molecule has 0 fully saturated rings. The van der Waals surface area contributed by atoms with Crippen molar-refractivity contribution in [1.29, 1.82) is 0 Å². The highest BCUT2D eigenvalue weighted by molar-refractivity contribution is 4.78. The molecule has 0 bridgehead atoms. The van der Waals surface area contributed by atoms with Gasteiger partial charge < -0.3 is 0 Å². The zero-order valence-electron chi connectivity index (χ0n) is 5.91. The summed E-state index contributed by atoms with van der Waals surface area (Å²) in [7, 11) is 0. The Morgan fingerprint density at radius 1 is 1.38 bits per heavy atom. The molecule has 0 spiro atoms. The summed E-state index contributed by atoms with van der Waals surface area (Å²) in [6.45, 7) is 6.51. The van der Waals surface area contributed by atoms with Gasteiger partial charge in [-0.2, -0.15) is 0 Å². The molecule has 0 saturated carbocycles. The highest BCUT2D eigenvalue weighted by Crippen LogP contribution is 2.19. The Labute approximate surface area is 52.3 Å². The average Bonchev–Trinajstić information content (AvgIpc) is 1.59. The third-order valence-corrected chi connectivity index (χ3v) is 1.000. The summed E-state index contributed by atoms with van der Waals surface area (Å²) in [5.74, 6) is 2.37. The predicted octanol–water partition coefficient (Wildman–Crippen LogP) is 2.40. The van der Waals surface area contributed by atoms with Crippen LogP contribution in [0, 0.1) is 17.8 Å². The number of hydrogen-bond donors (Lipinski definition) is 0. The lowest BCUT2D eigenvalue weighted by Gasteiger charge is -2.14. The molecule has 0 aromatic heterocycles. The third kappa shape index (κ3) is 5.56. The molecule has 0 N–H and O–H groups in total. The van der Waals surface area contributed by atoms with E-state index in [4.69, 9.17) is 6.42 Å². The highest BCUT2D eigenvalue weighted by Gasteiger charge is 2.07. The van der Waals surface area contributed by atoms with Gasteiger partial charge in [-0.1, -0.05) is 26.7 Å². The van der Waals surface area contributed by atoms with Crippen LogP contribution in [0.4, 0.5) is 0 Å². The second-order valence-electron chi connectivity index (χ2n) is 3.24. The van der Waals surface area contributed by atoms with Crippen LogP contribution in [0.3, 0.4) is 0 Å². The molecule has 45 valence electrons. The molecule has 1 radical (unpaired) electrons. The molecule has 0 aromatic carbocycles. The van der Waals surface area contributed by atoms with E-state index in [1.165, 1.54) is 0 Å². The molecule has 0 aliphatic rings. The van der Waals surface area contributed by atoms with Crippen LogP contribution in [-0.2, 0) is 0 Å². The van der Waals surface area contributed by atoms with Crippen LogP contribution in [0.15, 0.2) is 0 Å². The molecule has 0 amide bonds. The van der Waals surface area contributed by atoms with Crippen molar-refractivity contribution in [2.75, 3.05) is 0 Å². The summed E-state index contributed by atoms with van der Waals surface area (Å²) in [5.41, 5.74) is 0.369. The fourth-order valence-corrected chi connectivity index (χ4v) is 0.437. The van der Waals surface area contributed by atoms with E-state index in [0.717, 1.165) is 12.8 Å². The summed E-state index contributed by atoms with van der Waals surface area (Å²) in [6, 6.07) is 0. The molecule has 0 atom stereocenters. The topological polar surface area (TPSA) is 0 Å². The van der Waals surface area contributed by atoms with Gasteiger partial charge in [-0.25, -0.2) is 0 Å². The summed E-state index contributed by atoms with van der Waals surface area (Å²) >= 11 is 0. The minimum atomic E-state index is 0.369. The Morgan fingerprint density at radius 3 is 2.00 bits per heavy atom. The maximum Gasteiger partial charge on any atom is 0.0104 e. The fourth-order valence-electron chi connectivity index (χ4n) is 0.437. The summed E-state index contributed by atoms with van der Waals surface area (Å²) in [4.78, 5) is 0. The van der Waals surface area contributed by atoms with Gasteiger partial charge in [0.25, 0.3) is 0 Å². The monoisotopic (exact) mass is 109 g/mol. The van der Waals surface area contributed by atoms with E-state index in [0.29, 0.717) is 5.41 Å². The minimum Gasteiger partial charge on any atom is -0.0891 e. The SMILES string of the molecule is [C]#CCCC(C)(C)C. The second kappa shape index (κ2) is 2.77. The molecular formula is C8H13. The van der Waals surface area contributed by atoms with Crippen molar-refractivity contribution in [2.24, 2.45) is 5.41 Å². The third-order valence-electron chi connectivity index (χ3n) is 1.000. The Balaban J connectivity index is 3.28. The Hall–Kier alpha value is -0.440. The number of hydrogen-bond acceptors (Lipinski definition) is 0. The molecule has 0 saturated heterocycles. The van der Waals surface area contributed by atoms with Gasteiger partial charge in [0.1, 0.15) is 0 Å². The lowest BCUT2D eigenvalue weighted by Crippen LogP contribution is -2.02. The first kappa shape index (κ1) is 7.56. The van der Waals surface area contributed by atoms with Gasteiger partial charge in [0.15, 0.2) is 0 Å². The van der Waals surface area contributed by atoms with Gasteiger partial charge in [-0.3, -0.25) is 0 Å². The van der Waals surface area contributed by atoms with Gasteiger partial charge >= 0.3 is 0 Å². The van der Waals surface area contributed by atoms with Crippen LogP contribution in [-0.4, -0.2) is 0 Å². The maximum atomic E-state index is 6.63. The highest BCUT2D eigenvalue weighted by atomic mass is 14.1. The van der Waals surface area contributed by atoms with Crippen LogP contribution < -0.4 is 0 Å². The Bertz CT molecular complexity index is 87.6. The van der Waals surface area contributed by atoms with Crippen molar-refractivity contribution in [3.8, 4) is 5.92 Å². The van der Waals surface area contributed by atoms with E-state index in [1.54, 1.807) is 0 Å². The Kier molecular flexibility index (Phi) is 2.62. The molecule has 0 heteroatoms. The van der Waals surface area contributed by atoms with Gasteiger partial charge in [0.2, 0.25) is 0 Å². The normalized spacial score (nSPS) is 10.8. The molecule has 0 heterocycles. The van der Waals surface area contributed by atoms with Crippen LogP contribution in [0.5, 0.6) is 0 Å². The first-order chi connectivity index (χ1) is 3.56. The van der Waals surface area contributed by atoms with E-state index in [-0.39, 0.29) is 0 Å². The van der Waals surface area contributed by atoms with Crippen LogP contribution in [0.1, 0.15) is 33.6 Å². The lowest BCUT2D eigenvalue weighted by atomic mass is 9.91. The quantitative estimate of drug-likeness (QED) is 0.453. The predicted molar refractivity (Wildman–Crippen MR) is 35.8 cm³/mol. The van der Waals surface area contributed by atoms with E-state index in [2.05, 4.69) is 26.7 Å². The van der Waals surface area contributed by atoms with Gasteiger partial charge in [0.05, 0.1) is 0 Å². The van der Waals surface area contributed by atoms with Crippen LogP contribution in [0.2, 0.25) is 0 Å². The Morgan fingerprint density at radius 2 is 1.88 bits per heavy atom. The molecule has 0 aromatic rings. The van der Waals surface area contributed by atoms with Gasteiger partial charge in [0, 0.05) is 6.42 Å². The second-order valence-corrected chi connectivity index (χ2v) is 3.24. The summed E-state index contributed by atoms with van der Waals surface area (Å²) < 4.78 is 0. The first-order valence-corrected chi connectivity index (χ1v) is 2.96. The van der Waals surface area contributed by atoms with E-state index >= 15 is 0 Å². The van der Waals surface area contributed by atoms with E-state index < -0.39 is 0 Å². The van der Waals surface area contributed by atoms with E-state index in [9.17, 15) is 0 Å². The van der Waals surface area contributed by atoms with Gasteiger partial charge in [-0.15, -0.1) is 0 Å². The van der Waals surface area contributed by atoms with Crippen molar-refractivity contribution in [3.05, 3.63) is 6.42 Å². The number of rotatable bonds is 1. The van der Waals surface area contributed by atoms with E-state index in [1.807, 2.05) is 0 Å². The smallest absolute Gasteiger partial charge is 0.0104 e. The molecule has 0 nitrogen and oxygen atoms in total. The molecule has 0 aliphatic carbocycles. The van der Waals surface area contributed by atoms with Crippen molar-refractivity contribution in [1.82, 2.24) is 0 Å². The first-order valence-electron chi connectivity index (χ1n) is 2.96. The maximum absolute atomic E-state index is 6.63. The molecule has 0 rings (SSSR count). The standard InChI is InChI=1S/C8H13/c1-5-6-7-8(2,3)4/h6-7H2,2-4H3. The van der Waals surface area contributed by atoms with Crippen molar-refractivity contribution >= 4 is 0 Å². The van der Waals surface area contributed by atoms with Crippen LogP contribution in [0.25, 0.3) is 0 Å². The average molecular weight is 109 g/mol. The van der Waals surface area contributed by atoms with Crippen LogP contribution >= 0.6 is 0 Å². The molecule has 8 heavy (non-hydrogen) atoms. The fraction of sp³-hybridized carbons (Fsp3) is 0.750. The zero-order valence-corrected chi connectivity index (χ0v) is 5.91. The largest absolute Gasteiger partial charge is 0.0891 e.